The molecule has 0 saturated heterocycles. The molecule has 2 aromatic heterocycles. The first kappa shape index (κ1) is 17.1. The smallest absolute Gasteiger partial charge is 0.337 e. The van der Waals surface area contributed by atoms with E-state index < -0.39 is 40.7 Å². The number of carbonyl (C=O) groups excluding carboxylic acids is 1. The van der Waals surface area contributed by atoms with Crippen LogP contribution >= 0.6 is 0 Å². The second-order valence-corrected chi connectivity index (χ2v) is 4.93. The predicted octanol–water partition coefficient (Wildman–Crippen LogP) is 2.03. The molecule has 0 aliphatic carbocycles. The van der Waals surface area contributed by atoms with E-state index in [1.54, 1.807) is 0 Å². The maximum absolute atomic E-state index is 13.4. The van der Waals surface area contributed by atoms with E-state index >= 15 is 0 Å². The number of carboxylic acid groups (broad SMARTS) is 1. The van der Waals surface area contributed by atoms with Gasteiger partial charge in [0.2, 0.25) is 5.95 Å². The molecule has 1 amide bonds. The minimum atomic E-state index is -1.56. The molecule has 0 saturated carbocycles. The first-order valence-electron chi connectivity index (χ1n) is 6.92. The lowest BCUT2D eigenvalue weighted by atomic mass is 10.1. The average Bonchev–Trinajstić information content (AvgIpc) is 3.03. The Morgan fingerprint density at radius 1 is 1.08 bits per heavy atom. The number of rotatable bonds is 4. The Hall–Kier alpha value is -3.76. The van der Waals surface area contributed by atoms with Gasteiger partial charge in [0, 0.05) is 6.07 Å². The number of imidazole rings is 1. The van der Waals surface area contributed by atoms with Gasteiger partial charge < -0.3 is 10.4 Å². The molecule has 0 bridgehead atoms. The fraction of sp³-hybridized carbons (Fsp3) is 0. The van der Waals surface area contributed by atoms with Gasteiger partial charge in [-0.1, -0.05) is 0 Å². The number of anilines is 1. The monoisotopic (exact) mass is 363 g/mol. The highest BCUT2D eigenvalue weighted by molar-refractivity contribution is 6.06. The second-order valence-electron chi connectivity index (χ2n) is 4.93. The van der Waals surface area contributed by atoms with Crippen LogP contribution < -0.4 is 5.32 Å². The number of halogens is 3. The highest BCUT2D eigenvalue weighted by Gasteiger charge is 2.18. The van der Waals surface area contributed by atoms with Gasteiger partial charge in [0.15, 0.2) is 23.1 Å². The number of hydrogen-bond donors (Lipinski definition) is 2. The summed E-state index contributed by atoms with van der Waals surface area (Å²) in [4.78, 5) is 26.8. The molecular weight excluding hydrogens is 355 g/mol. The molecule has 0 atom stereocenters. The van der Waals surface area contributed by atoms with Crippen molar-refractivity contribution in [2.24, 2.45) is 0 Å². The van der Waals surface area contributed by atoms with Crippen molar-refractivity contribution < 1.29 is 27.9 Å². The van der Waals surface area contributed by atoms with E-state index in [1.807, 2.05) is 0 Å². The fourth-order valence-electron chi connectivity index (χ4n) is 2.04. The van der Waals surface area contributed by atoms with Crippen LogP contribution in [0.2, 0.25) is 0 Å². The van der Waals surface area contributed by atoms with Gasteiger partial charge in [-0.3, -0.25) is 9.36 Å². The molecular formula is C15H8F3N5O3. The average molecular weight is 363 g/mol. The lowest BCUT2D eigenvalue weighted by molar-refractivity contribution is 0.0697. The minimum Gasteiger partial charge on any atom is -0.478 e. The summed E-state index contributed by atoms with van der Waals surface area (Å²) in [7, 11) is 0. The van der Waals surface area contributed by atoms with Crippen LogP contribution in [0.3, 0.4) is 0 Å². The van der Waals surface area contributed by atoms with Gasteiger partial charge in [-0.15, -0.1) is 10.2 Å². The fourth-order valence-corrected chi connectivity index (χ4v) is 2.04. The van der Waals surface area contributed by atoms with Gasteiger partial charge in [0.25, 0.3) is 5.91 Å². The van der Waals surface area contributed by atoms with Crippen LogP contribution in [-0.4, -0.2) is 36.7 Å². The molecule has 0 aliphatic rings. The van der Waals surface area contributed by atoms with Crippen molar-refractivity contribution in [1.29, 1.82) is 0 Å². The van der Waals surface area contributed by atoms with Crippen LogP contribution in [-0.2, 0) is 0 Å². The molecule has 2 heterocycles. The number of aromatic carboxylic acids is 1. The van der Waals surface area contributed by atoms with E-state index in [2.05, 4.69) is 20.5 Å². The lowest BCUT2D eigenvalue weighted by Crippen LogP contribution is -2.17. The normalized spacial score (nSPS) is 10.6. The van der Waals surface area contributed by atoms with Crippen molar-refractivity contribution in [2.75, 3.05) is 5.32 Å². The predicted molar refractivity (Wildman–Crippen MR) is 80.4 cm³/mol. The number of nitrogens with one attached hydrogen (secondary N) is 1. The summed E-state index contributed by atoms with van der Waals surface area (Å²) in [6.07, 6.45) is 2.11. The van der Waals surface area contributed by atoms with E-state index in [0.717, 1.165) is 17.1 Å². The Bertz CT molecular complexity index is 1000. The zero-order valence-corrected chi connectivity index (χ0v) is 12.7. The second kappa shape index (κ2) is 6.63. The topological polar surface area (TPSA) is 110 Å². The van der Waals surface area contributed by atoms with Crippen LogP contribution in [0.1, 0.15) is 20.8 Å². The highest BCUT2D eigenvalue weighted by Crippen LogP contribution is 2.21. The third-order valence-electron chi connectivity index (χ3n) is 3.26. The summed E-state index contributed by atoms with van der Waals surface area (Å²) in [5.41, 5.74) is -1.34. The van der Waals surface area contributed by atoms with Crippen molar-refractivity contribution in [3.05, 3.63) is 65.6 Å². The Morgan fingerprint density at radius 2 is 1.81 bits per heavy atom. The Labute approximate surface area is 142 Å². The molecule has 1 aromatic carbocycles. The molecule has 3 rings (SSSR count). The quantitative estimate of drug-likeness (QED) is 0.734. The zero-order valence-electron chi connectivity index (χ0n) is 12.7. The van der Waals surface area contributed by atoms with Crippen LogP contribution in [0.5, 0.6) is 0 Å². The number of aromatic nitrogens is 4. The Kier molecular flexibility index (Phi) is 4.35. The van der Waals surface area contributed by atoms with Gasteiger partial charge in [-0.2, -0.15) is 4.39 Å². The summed E-state index contributed by atoms with van der Waals surface area (Å²) < 4.78 is 40.9. The number of carbonyl (C=O) groups is 2. The summed E-state index contributed by atoms with van der Waals surface area (Å²) in [6.45, 7) is 0. The summed E-state index contributed by atoms with van der Waals surface area (Å²) in [5, 5.41) is 18.4. The zero-order chi connectivity index (χ0) is 18.8. The van der Waals surface area contributed by atoms with Gasteiger partial charge in [-0.05, 0) is 18.2 Å². The summed E-state index contributed by atoms with van der Waals surface area (Å²) >= 11 is 0. The largest absolute Gasteiger partial charge is 0.478 e. The molecule has 3 aromatic rings. The number of nitrogens with zero attached hydrogens (tertiary/aromatic N) is 4. The molecule has 0 radical (unpaired) electrons. The lowest BCUT2D eigenvalue weighted by Gasteiger charge is -2.09. The third kappa shape index (κ3) is 3.22. The summed E-state index contributed by atoms with van der Waals surface area (Å²) in [5.74, 6) is -5.81. The molecule has 26 heavy (non-hydrogen) atoms. The van der Waals surface area contributed by atoms with Crippen molar-refractivity contribution in [3.63, 3.8) is 0 Å². The number of carboxylic acids is 1. The molecule has 0 unspecified atom stereocenters. The molecule has 0 aliphatic heterocycles. The molecule has 11 heteroatoms. The van der Waals surface area contributed by atoms with Crippen molar-refractivity contribution in [3.8, 4) is 5.82 Å². The van der Waals surface area contributed by atoms with E-state index in [1.165, 1.54) is 12.1 Å². The molecule has 2 N–H and O–H groups in total. The van der Waals surface area contributed by atoms with Crippen molar-refractivity contribution in [2.45, 2.75) is 0 Å². The molecule has 132 valence electrons. The standard InChI is InChI=1S/C15H8F3N5O3/c16-8-3-7(15(25)26)11(4-9(8)17)20-14(24)10-1-2-13(22-21-10)23-6-19-5-12(23)18/h1-6H,(H,20,24)(H,25,26). The van der Waals surface area contributed by atoms with Crippen molar-refractivity contribution in [1.82, 2.24) is 19.7 Å². The molecule has 8 nitrogen and oxygen atoms in total. The maximum atomic E-state index is 13.4. The minimum absolute atomic E-state index is 0.0515. The van der Waals surface area contributed by atoms with E-state index in [9.17, 15) is 22.8 Å². The van der Waals surface area contributed by atoms with E-state index in [4.69, 9.17) is 5.11 Å². The maximum Gasteiger partial charge on any atom is 0.337 e. The van der Waals surface area contributed by atoms with Crippen LogP contribution in [0, 0.1) is 17.6 Å². The first-order chi connectivity index (χ1) is 12.4. The Morgan fingerprint density at radius 3 is 2.38 bits per heavy atom. The number of hydrogen-bond acceptors (Lipinski definition) is 5. The first-order valence-corrected chi connectivity index (χ1v) is 6.92. The van der Waals surface area contributed by atoms with Crippen LogP contribution in [0.15, 0.2) is 36.8 Å². The molecule has 0 spiro atoms. The third-order valence-corrected chi connectivity index (χ3v) is 3.26. The van der Waals surface area contributed by atoms with Crippen LogP contribution in [0.25, 0.3) is 5.82 Å². The number of amides is 1. The van der Waals surface area contributed by atoms with Gasteiger partial charge in [-0.25, -0.2) is 18.6 Å². The highest BCUT2D eigenvalue weighted by atomic mass is 19.2. The van der Waals surface area contributed by atoms with Gasteiger partial charge >= 0.3 is 5.97 Å². The van der Waals surface area contributed by atoms with E-state index in [0.29, 0.717) is 12.1 Å². The summed E-state index contributed by atoms with van der Waals surface area (Å²) in [6, 6.07) is 3.46. The Balaban J connectivity index is 1.86. The van der Waals surface area contributed by atoms with E-state index in [-0.39, 0.29) is 11.5 Å². The molecule has 0 fully saturated rings. The van der Waals surface area contributed by atoms with Gasteiger partial charge in [0.05, 0.1) is 17.4 Å². The van der Waals surface area contributed by atoms with Crippen molar-refractivity contribution >= 4 is 17.6 Å². The van der Waals surface area contributed by atoms with Crippen LogP contribution in [0.4, 0.5) is 18.9 Å². The number of benzene rings is 1. The SMILES string of the molecule is O=C(Nc1cc(F)c(F)cc1C(=O)O)c1ccc(-n2cncc2F)nn1. The van der Waals surface area contributed by atoms with Gasteiger partial charge in [0.1, 0.15) is 6.33 Å².